The van der Waals surface area contributed by atoms with Gasteiger partial charge in [0, 0.05) is 28.9 Å². The number of carbonyl (C=O) groups is 1. The summed E-state index contributed by atoms with van der Waals surface area (Å²) in [7, 11) is 2.06. The maximum Gasteiger partial charge on any atom is 0.166 e. The van der Waals surface area contributed by atoms with Crippen molar-refractivity contribution < 1.29 is 13.6 Å². The molecule has 1 heterocycles. The molecule has 2 aromatic carbocycles. The molecule has 0 unspecified atom stereocenters. The predicted molar refractivity (Wildman–Crippen MR) is 90.6 cm³/mol. The number of likely N-dealkylation sites (tertiary alicyclic amines) is 1. The van der Waals surface area contributed by atoms with Crippen molar-refractivity contribution in [3.05, 3.63) is 59.7 Å². The zero-order valence-electron chi connectivity index (χ0n) is 13.6. The van der Waals surface area contributed by atoms with Crippen LogP contribution >= 0.6 is 0 Å². The molecule has 0 radical (unpaired) electrons. The van der Waals surface area contributed by atoms with Gasteiger partial charge in [-0.25, -0.2) is 8.78 Å². The van der Waals surface area contributed by atoms with E-state index in [0.29, 0.717) is 16.9 Å². The molecule has 5 heteroatoms. The molecule has 0 aliphatic carbocycles. The highest BCUT2D eigenvalue weighted by Crippen LogP contribution is 2.24. The largest absolute Gasteiger partial charge is 0.355 e. The van der Waals surface area contributed by atoms with E-state index in [9.17, 15) is 13.6 Å². The molecule has 0 saturated carbocycles. The van der Waals surface area contributed by atoms with Gasteiger partial charge in [-0.1, -0.05) is 12.1 Å². The Bertz CT molecular complexity index is 740. The average Bonchev–Trinajstić information content (AvgIpc) is 2.58. The third kappa shape index (κ3) is 3.79. The lowest BCUT2D eigenvalue weighted by molar-refractivity contribution is 0.0857. The normalized spacial score (nSPS) is 16.1. The molecule has 0 aromatic heterocycles. The number of carbonyl (C=O) groups excluding carboxylic acids is 1. The van der Waals surface area contributed by atoms with Crippen molar-refractivity contribution in [3.8, 4) is 0 Å². The summed E-state index contributed by atoms with van der Waals surface area (Å²) in [6.45, 7) is 1.87. The lowest BCUT2D eigenvalue weighted by atomic mass is 9.89. The van der Waals surface area contributed by atoms with Gasteiger partial charge < -0.3 is 10.2 Å². The number of piperidine rings is 1. The van der Waals surface area contributed by atoms with Crippen LogP contribution in [0.15, 0.2) is 42.5 Å². The fourth-order valence-corrected chi connectivity index (χ4v) is 3.00. The molecule has 1 aliphatic heterocycles. The number of hydrogen-bond donors (Lipinski definition) is 1. The van der Waals surface area contributed by atoms with Gasteiger partial charge in [0.05, 0.1) is 0 Å². The Morgan fingerprint density at radius 1 is 1.04 bits per heavy atom. The summed E-state index contributed by atoms with van der Waals surface area (Å²) < 4.78 is 26.3. The maximum atomic E-state index is 13.3. The zero-order chi connectivity index (χ0) is 17.1. The van der Waals surface area contributed by atoms with E-state index in [1.165, 1.54) is 6.07 Å². The molecule has 0 atom stereocenters. The Morgan fingerprint density at radius 2 is 1.75 bits per heavy atom. The van der Waals surface area contributed by atoms with E-state index in [-0.39, 0.29) is 11.7 Å². The minimum atomic E-state index is -0.904. The number of halogens is 2. The first-order valence-corrected chi connectivity index (χ1v) is 8.08. The first kappa shape index (κ1) is 16.6. The Labute approximate surface area is 140 Å². The van der Waals surface area contributed by atoms with Crippen molar-refractivity contribution in [2.24, 2.45) is 5.92 Å². The number of ketones is 1. The van der Waals surface area contributed by atoms with Crippen molar-refractivity contribution in [1.82, 2.24) is 4.90 Å². The highest BCUT2D eigenvalue weighted by atomic mass is 19.2. The Hall–Kier alpha value is -2.27. The van der Waals surface area contributed by atoms with Crippen LogP contribution in [0.5, 0.6) is 0 Å². The van der Waals surface area contributed by atoms with E-state index in [1.54, 1.807) is 24.3 Å². The standard InChI is InChI=1S/C19H20F2N2O/c1-23-9-7-13(8-10-23)19(24)14-3-2-4-15(11-14)22-16-5-6-17(20)18(21)12-16/h2-6,11-13,22H,7-10H2,1H3. The average molecular weight is 330 g/mol. The van der Waals surface area contributed by atoms with Crippen LogP contribution in [0.3, 0.4) is 0 Å². The number of nitrogens with zero attached hydrogens (tertiary/aromatic N) is 1. The quantitative estimate of drug-likeness (QED) is 0.851. The van der Waals surface area contributed by atoms with Crippen LogP contribution in [0, 0.1) is 17.6 Å². The summed E-state index contributed by atoms with van der Waals surface area (Å²) in [5, 5.41) is 3.01. The van der Waals surface area contributed by atoms with E-state index < -0.39 is 11.6 Å². The molecule has 126 valence electrons. The van der Waals surface area contributed by atoms with E-state index >= 15 is 0 Å². The van der Waals surface area contributed by atoms with E-state index in [0.717, 1.165) is 38.1 Å². The number of anilines is 2. The highest BCUT2D eigenvalue weighted by molar-refractivity contribution is 5.98. The van der Waals surface area contributed by atoms with Crippen molar-refractivity contribution in [3.63, 3.8) is 0 Å². The van der Waals surface area contributed by atoms with Crippen LogP contribution < -0.4 is 5.32 Å². The third-order valence-electron chi connectivity index (χ3n) is 4.44. The number of Topliss-reactive ketones (excluding diaryl/α,β-unsaturated/α-hetero) is 1. The second-order valence-electron chi connectivity index (χ2n) is 6.28. The summed E-state index contributed by atoms with van der Waals surface area (Å²) in [6, 6.07) is 10.8. The first-order valence-electron chi connectivity index (χ1n) is 8.08. The van der Waals surface area contributed by atoms with Gasteiger partial charge in [-0.15, -0.1) is 0 Å². The smallest absolute Gasteiger partial charge is 0.166 e. The molecule has 0 spiro atoms. The van der Waals surface area contributed by atoms with Crippen LogP contribution in [0.1, 0.15) is 23.2 Å². The van der Waals surface area contributed by atoms with Crippen LogP contribution in [-0.4, -0.2) is 30.8 Å². The van der Waals surface area contributed by atoms with Crippen molar-refractivity contribution >= 4 is 17.2 Å². The van der Waals surface area contributed by atoms with Gasteiger partial charge in [0.15, 0.2) is 17.4 Å². The SMILES string of the molecule is CN1CCC(C(=O)c2cccc(Nc3ccc(F)c(F)c3)c2)CC1. The third-order valence-corrected chi connectivity index (χ3v) is 4.44. The van der Waals surface area contributed by atoms with Crippen molar-refractivity contribution in [2.75, 3.05) is 25.5 Å². The minimum Gasteiger partial charge on any atom is -0.355 e. The molecule has 1 fully saturated rings. The van der Waals surface area contributed by atoms with Gasteiger partial charge in [-0.05, 0) is 57.2 Å². The molecular formula is C19H20F2N2O. The van der Waals surface area contributed by atoms with Crippen LogP contribution in [0.25, 0.3) is 0 Å². The Kier molecular flexibility index (Phi) is 4.90. The van der Waals surface area contributed by atoms with Crippen molar-refractivity contribution in [2.45, 2.75) is 12.8 Å². The van der Waals surface area contributed by atoms with E-state index in [4.69, 9.17) is 0 Å². The topological polar surface area (TPSA) is 32.3 Å². The lowest BCUT2D eigenvalue weighted by Gasteiger charge is -2.28. The monoisotopic (exact) mass is 330 g/mol. The lowest BCUT2D eigenvalue weighted by Crippen LogP contribution is -2.33. The summed E-state index contributed by atoms with van der Waals surface area (Å²) >= 11 is 0. The summed E-state index contributed by atoms with van der Waals surface area (Å²) in [5.74, 6) is -1.58. The molecule has 2 aromatic rings. The van der Waals surface area contributed by atoms with Gasteiger partial charge in [0.25, 0.3) is 0 Å². The van der Waals surface area contributed by atoms with Gasteiger partial charge in [-0.2, -0.15) is 0 Å². The van der Waals surface area contributed by atoms with E-state index in [1.807, 2.05) is 0 Å². The highest BCUT2D eigenvalue weighted by Gasteiger charge is 2.24. The van der Waals surface area contributed by atoms with Crippen LogP contribution in [0.4, 0.5) is 20.2 Å². The zero-order valence-corrected chi connectivity index (χ0v) is 13.6. The van der Waals surface area contributed by atoms with Crippen molar-refractivity contribution in [1.29, 1.82) is 0 Å². The fourth-order valence-electron chi connectivity index (χ4n) is 3.00. The predicted octanol–water partition coefficient (Wildman–Crippen LogP) is 4.23. The number of nitrogens with one attached hydrogen (secondary N) is 1. The molecule has 1 aliphatic rings. The molecule has 1 saturated heterocycles. The molecule has 0 bridgehead atoms. The van der Waals surface area contributed by atoms with Gasteiger partial charge in [0.1, 0.15) is 0 Å². The molecule has 3 rings (SSSR count). The maximum absolute atomic E-state index is 13.3. The van der Waals surface area contributed by atoms with Gasteiger partial charge >= 0.3 is 0 Å². The minimum absolute atomic E-state index is 0.0553. The van der Waals surface area contributed by atoms with Gasteiger partial charge in [0.2, 0.25) is 0 Å². The second kappa shape index (κ2) is 7.09. The molecular weight excluding hydrogens is 310 g/mol. The molecule has 3 nitrogen and oxygen atoms in total. The Morgan fingerprint density at radius 3 is 2.46 bits per heavy atom. The summed E-state index contributed by atoms with van der Waals surface area (Å²) in [4.78, 5) is 14.9. The number of benzene rings is 2. The number of rotatable bonds is 4. The second-order valence-corrected chi connectivity index (χ2v) is 6.28. The summed E-state index contributed by atoms with van der Waals surface area (Å²) in [5.41, 5.74) is 1.77. The number of hydrogen-bond acceptors (Lipinski definition) is 3. The van der Waals surface area contributed by atoms with Crippen LogP contribution in [-0.2, 0) is 0 Å². The van der Waals surface area contributed by atoms with E-state index in [2.05, 4.69) is 17.3 Å². The van der Waals surface area contributed by atoms with Gasteiger partial charge in [-0.3, -0.25) is 4.79 Å². The van der Waals surface area contributed by atoms with Crippen LogP contribution in [0.2, 0.25) is 0 Å². The fraction of sp³-hybridized carbons (Fsp3) is 0.316. The molecule has 24 heavy (non-hydrogen) atoms. The Balaban J connectivity index is 1.73. The first-order chi connectivity index (χ1) is 11.5. The molecule has 0 amide bonds. The summed E-state index contributed by atoms with van der Waals surface area (Å²) in [6.07, 6.45) is 1.74. The molecule has 1 N–H and O–H groups in total.